The highest BCUT2D eigenvalue weighted by Gasteiger charge is 2.31. The van der Waals surface area contributed by atoms with Gasteiger partial charge in [-0.1, -0.05) is 6.07 Å². The molecular weight excluding hydrogens is 507 g/mol. The average Bonchev–Trinajstić information content (AvgIpc) is 3.25. The first kappa shape index (κ1) is 16.7. The van der Waals surface area contributed by atoms with Crippen molar-refractivity contribution in [2.45, 2.75) is 20.0 Å². The Morgan fingerprint density at radius 1 is 1.10 bits per heavy atom. The topological polar surface area (TPSA) is 97.6 Å². The molecule has 0 saturated heterocycles. The smallest absolute Gasteiger partial charge is 0.324 e. The van der Waals surface area contributed by atoms with E-state index in [0.717, 1.165) is 0 Å². The standard InChI is InChI=1S/C28H22F3N7O/c1-17-5-6-19(10-25(17)37-27-33-9-7-24(36-27)20-4-3-8-32-14-20)26(39)35-22-11-21(28(29,30)31)12-23(13-22)38-15-18(2)34-16-38/h3-16H,1-2H3,(H,35,39)(H,33,36,37)/i3D,4D,8D,11D,12D,13D,14D,15D,16D. The van der Waals surface area contributed by atoms with Crippen molar-refractivity contribution in [3.63, 3.8) is 0 Å². The summed E-state index contributed by atoms with van der Waals surface area (Å²) in [7, 11) is 0. The molecule has 2 N–H and O–H groups in total. The average molecular weight is 539 g/mol. The van der Waals surface area contributed by atoms with Crippen molar-refractivity contribution in [3.8, 4) is 16.9 Å². The molecule has 0 aliphatic heterocycles. The van der Waals surface area contributed by atoms with Gasteiger partial charge in [-0.05, 0) is 67.8 Å². The Balaban J connectivity index is 1.53. The quantitative estimate of drug-likeness (QED) is 0.261. The molecule has 0 unspecified atom stereocenters. The first-order chi connectivity index (χ1) is 22.4. The molecule has 0 bridgehead atoms. The fourth-order valence-corrected chi connectivity index (χ4v) is 3.33. The maximum absolute atomic E-state index is 14.1. The number of anilines is 3. The molecule has 5 rings (SSSR count). The number of aryl methyl sites for hydroxylation is 2. The lowest BCUT2D eigenvalue weighted by Crippen LogP contribution is -2.14. The van der Waals surface area contributed by atoms with Gasteiger partial charge < -0.3 is 15.2 Å². The number of imidazole rings is 1. The van der Waals surface area contributed by atoms with Crippen LogP contribution in [0.2, 0.25) is 0 Å². The lowest BCUT2D eigenvalue weighted by molar-refractivity contribution is -0.137. The van der Waals surface area contributed by atoms with Crippen molar-refractivity contribution in [3.05, 3.63) is 108 Å². The number of alkyl halides is 3. The lowest BCUT2D eigenvalue weighted by Gasteiger charge is -2.14. The second kappa shape index (κ2) is 10.4. The number of nitrogens with one attached hydrogen (secondary N) is 2. The van der Waals surface area contributed by atoms with Crippen molar-refractivity contribution < 1.29 is 30.3 Å². The first-order valence-corrected chi connectivity index (χ1v) is 11.1. The van der Waals surface area contributed by atoms with Crippen molar-refractivity contribution in [1.82, 2.24) is 24.5 Å². The highest BCUT2D eigenvalue weighted by atomic mass is 19.4. The van der Waals surface area contributed by atoms with Crippen LogP contribution >= 0.6 is 0 Å². The van der Waals surface area contributed by atoms with Crippen molar-refractivity contribution in [2.24, 2.45) is 0 Å². The van der Waals surface area contributed by atoms with E-state index in [1.165, 1.54) is 37.4 Å². The normalized spacial score (nSPS) is 14.5. The number of carbonyl (C=O) groups is 1. The van der Waals surface area contributed by atoms with E-state index < -0.39 is 84.1 Å². The Kier molecular flexibility index (Phi) is 4.44. The molecule has 8 nitrogen and oxygen atoms in total. The van der Waals surface area contributed by atoms with Gasteiger partial charge in [0.2, 0.25) is 5.95 Å². The summed E-state index contributed by atoms with van der Waals surface area (Å²) in [6.07, 6.45) is -6.22. The molecule has 196 valence electrons. The van der Waals surface area contributed by atoms with Crippen LogP contribution < -0.4 is 10.6 Å². The van der Waals surface area contributed by atoms with Crippen LogP contribution in [0.15, 0.2) is 85.5 Å². The fourth-order valence-electron chi connectivity index (χ4n) is 3.33. The van der Waals surface area contributed by atoms with E-state index in [9.17, 15) is 18.0 Å². The van der Waals surface area contributed by atoms with E-state index in [-0.39, 0.29) is 34.2 Å². The third-order valence-corrected chi connectivity index (χ3v) is 5.20. The van der Waals surface area contributed by atoms with Crippen LogP contribution in [0.3, 0.4) is 0 Å². The highest BCUT2D eigenvalue weighted by molar-refractivity contribution is 6.05. The second-order valence-corrected chi connectivity index (χ2v) is 8.05. The molecule has 2 aromatic carbocycles. The van der Waals surface area contributed by atoms with Crippen LogP contribution in [-0.4, -0.2) is 30.4 Å². The zero-order valence-electron chi connectivity index (χ0n) is 29.2. The molecule has 1 amide bonds. The molecule has 0 saturated carbocycles. The minimum Gasteiger partial charge on any atom is -0.324 e. The number of carbonyl (C=O) groups excluding carboxylic acids is 1. The molecule has 39 heavy (non-hydrogen) atoms. The minimum atomic E-state index is -5.27. The molecule has 3 heterocycles. The number of nitrogens with zero attached hydrogens (tertiary/aromatic N) is 5. The number of hydrogen-bond donors (Lipinski definition) is 2. The third kappa shape index (κ3) is 5.93. The molecule has 5 aromatic rings. The predicted octanol–water partition coefficient (Wildman–Crippen LogP) is 6.36. The van der Waals surface area contributed by atoms with Gasteiger partial charge >= 0.3 is 6.18 Å². The Hall–Kier alpha value is -5.06. The zero-order valence-corrected chi connectivity index (χ0v) is 20.2. The van der Waals surface area contributed by atoms with Crippen LogP contribution in [-0.2, 0) is 6.18 Å². The molecule has 0 aliphatic rings. The third-order valence-electron chi connectivity index (χ3n) is 5.20. The van der Waals surface area contributed by atoms with E-state index in [0.29, 0.717) is 10.1 Å². The molecule has 0 spiro atoms. The summed E-state index contributed by atoms with van der Waals surface area (Å²) in [4.78, 5) is 29.1. The zero-order chi connectivity index (χ0) is 35.4. The van der Waals surface area contributed by atoms with Gasteiger partial charge in [-0.2, -0.15) is 13.2 Å². The van der Waals surface area contributed by atoms with E-state index in [4.69, 9.17) is 12.3 Å². The van der Waals surface area contributed by atoms with Crippen LogP contribution in [0.1, 0.15) is 39.5 Å². The number of halogens is 3. The number of aromatic nitrogens is 5. The summed E-state index contributed by atoms with van der Waals surface area (Å²) in [5, 5.41) is 5.04. The molecule has 3 aromatic heterocycles. The summed E-state index contributed by atoms with van der Waals surface area (Å²) in [5.41, 5.74) is -2.99. The second-order valence-electron chi connectivity index (χ2n) is 8.05. The van der Waals surface area contributed by atoms with E-state index in [1.54, 1.807) is 6.92 Å². The molecule has 11 heteroatoms. The van der Waals surface area contributed by atoms with Gasteiger partial charge in [0, 0.05) is 52.9 Å². The molecule has 0 atom stereocenters. The largest absolute Gasteiger partial charge is 0.416 e. The maximum atomic E-state index is 14.1. The van der Waals surface area contributed by atoms with Gasteiger partial charge in [0.25, 0.3) is 5.91 Å². The Labute approximate surface area is 234 Å². The monoisotopic (exact) mass is 538 g/mol. The summed E-state index contributed by atoms with van der Waals surface area (Å²) in [6.45, 7) is 2.98. The van der Waals surface area contributed by atoms with Crippen LogP contribution in [0, 0.1) is 13.8 Å². The molecule has 0 aliphatic carbocycles. The lowest BCUT2D eigenvalue weighted by atomic mass is 10.1. The molecular formula is C28H22F3N7O. The van der Waals surface area contributed by atoms with E-state index in [2.05, 4.69) is 30.6 Å². The predicted molar refractivity (Wildman–Crippen MR) is 141 cm³/mol. The molecule has 0 radical (unpaired) electrons. The number of benzene rings is 2. The number of pyridine rings is 1. The number of rotatable bonds is 6. The van der Waals surface area contributed by atoms with Crippen molar-refractivity contribution >= 4 is 23.2 Å². The van der Waals surface area contributed by atoms with Crippen LogP contribution in [0.4, 0.5) is 30.5 Å². The number of hydrogen-bond acceptors (Lipinski definition) is 6. The Bertz CT molecular complexity index is 2140. The Morgan fingerprint density at radius 2 is 1.95 bits per heavy atom. The summed E-state index contributed by atoms with van der Waals surface area (Å²) in [6, 6.07) is 0.963. The highest BCUT2D eigenvalue weighted by Crippen LogP contribution is 2.33. The summed E-state index contributed by atoms with van der Waals surface area (Å²) < 4.78 is 116. The molecule has 0 fully saturated rings. The Morgan fingerprint density at radius 3 is 2.72 bits per heavy atom. The van der Waals surface area contributed by atoms with Crippen molar-refractivity contribution in [1.29, 1.82) is 0 Å². The number of amides is 1. The van der Waals surface area contributed by atoms with Gasteiger partial charge in [0.15, 0.2) is 0 Å². The maximum Gasteiger partial charge on any atom is 0.416 e. The van der Waals surface area contributed by atoms with Gasteiger partial charge in [-0.25, -0.2) is 15.0 Å². The van der Waals surface area contributed by atoms with Gasteiger partial charge in [0.05, 0.1) is 34.2 Å². The summed E-state index contributed by atoms with van der Waals surface area (Å²) in [5.74, 6) is -1.10. The summed E-state index contributed by atoms with van der Waals surface area (Å²) >= 11 is 0. The van der Waals surface area contributed by atoms with E-state index >= 15 is 0 Å². The fraction of sp³-hybridized carbons (Fsp3) is 0.107. The SMILES string of the molecule is [2H]c1nc([2H])c(-c2ccnc(Nc3cc(C(=O)Nc4c([2H])c(-n5c([2H])nc(C)c5[2H])c([2H])c(C(F)(F)F)c4[2H])ccc3C)n2)c([2H])c1[2H]. The van der Waals surface area contributed by atoms with Crippen LogP contribution in [0.5, 0.6) is 0 Å². The van der Waals surface area contributed by atoms with Crippen LogP contribution in [0.25, 0.3) is 16.9 Å². The first-order valence-electron chi connectivity index (χ1n) is 15.6. The van der Waals surface area contributed by atoms with Gasteiger partial charge in [-0.15, -0.1) is 0 Å². The minimum absolute atomic E-state index is 0.0501. The van der Waals surface area contributed by atoms with Gasteiger partial charge in [-0.3, -0.25) is 9.78 Å². The van der Waals surface area contributed by atoms with Crippen molar-refractivity contribution in [2.75, 3.05) is 10.6 Å². The van der Waals surface area contributed by atoms with E-state index in [1.807, 2.05) is 0 Å². The van der Waals surface area contributed by atoms with Gasteiger partial charge in [0.1, 0.15) is 1.37 Å².